The van der Waals surface area contributed by atoms with E-state index in [0.29, 0.717) is 43.3 Å². The van der Waals surface area contributed by atoms with Crippen LogP contribution in [0.1, 0.15) is 91.9 Å². The van der Waals surface area contributed by atoms with E-state index in [1.54, 1.807) is 0 Å². The van der Waals surface area contributed by atoms with Gasteiger partial charge in [0.15, 0.2) is 5.78 Å². The van der Waals surface area contributed by atoms with Gasteiger partial charge in [-0.05, 0) is 56.4 Å². The van der Waals surface area contributed by atoms with Crippen LogP contribution in [-0.2, 0) is 23.8 Å². The second-order valence-corrected chi connectivity index (χ2v) is 11.8. The fourth-order valence-corrected chi connectivity index (χ4v) is 7.19. The Morgan fingerprint density at radius 3 is 2.68 bits per heavy atom. The Balaban J connectivity index is 1.63. The molecule has 4 rings (SSSR count). The van der Waals surface area contributed by atoms with E-state index in [9.17, 15) is 14.7 Å². The number of rotatable bonds is 7. The van der Waals surface area contributed by atoms with Gasteiger partial charge in [0.25, 0.3) is 0 Å². The number of hydrogen-bond donors (Lipinski definition) is 1. The molecular weight excluding hydrogens is 432 g/mol. The highest BCUT2D eigenvalue weighted by Crippen LogP contribution is 2.58. The maximum absolute atomic E-state index is 13.1. The quantitative estimate of drug-likeness (QED) is 0.324. The molecule has 4 fully saturated rings. The van der Waals surface area contributed by atoms with Crippen LogP contribution in [0.15, 0.2) is 12.2 Å². The molecule has 0 aromatic rings. The zero-order chi connectivity index (χ0) is 24.7. The summed E-state index contributed by atoms with van der Waals surface area (Å²) in [7, 11) is 0. The summed E-state index contributed by atoms with van der Waals surface area (Å²) in [6, 6.07) is 0. The summed E-state index contributed by atoms with van der Waals surface area (Å²) in [5, 5.41) is 11.4. The molecule has 2 bridgehead atoms. The van der Waals surface area contributed by atoms with Crippen LogP contribution in [0.5, 0.6) is 0 Å². The molecule has 34 heavy (non-hydrogen) atoms. The average molecular weight is 477 g/mol. The van der Waals surface area contributed by atoms with Gasteiger partial charge in [-0.1, -0.05) is 46.1 Å². The molecule has 9 atom stereocenters. The Bertz CT molecular complexity index is 790. The first-order valence-electron chi connectivity index (χ1n) is 13.5. The molecule has 0 unspecified atom stereocenters. The molecule has 3 aliphatic heterocycles. The summed E-state index contributed by atoms with van der Waals surface area (Å²) in [6.07, 6.45) is 6.32. The van der Waals surface area contributed by atoms with Crippen molar-refractivity contribution in [2.24, 2.45) is 23.7 Å². The summed E-state index contributed by atoms with van der Waals surface area (Å²) >= 11 is 0. The molecule has 192 valence electrons. The van der Waals surface area contributed by atoms with Crippen molar-refractivity contribution in [2.75, 3.05) is 6.61 Å². The van der Waals surface area contributed by atoms with Crippen LogP contribution in [0.25, 0.3) is 0 Å². The molecule has 0 amide bonds. The normalized spacial score (nSPS) is 44.1. The van der Waals surface area contributed by atoms with Gasteiger partial charge in [0.05, 0.1) is 30.8 Å². The van der Waals surface area contributed by atoms with Crippen molar-refractivity contribution in [2.45, 2.75) is 121 Å². The molecule has 0 aromatic heterocycles. The Morgan fingerprint density at radius 2 is 1.94 bits per heavy atom. The van der Waals surface area contributed by atoms with Gasteiger partial charge >= 0.3 is 5.97 Å². The molecule has 1 aliphatic carbocycles. The van der Waals surface area contributed by atoms with Gasteiger partial charge in [0.2, 0.25) is 0 Å². The smallest absolute Gasteiger partial charge is 0.306 e. The summed E-state index contributed by atoms with van der Waals surface area (Å²) in [4.78, 5) is 26.0. The number of ketones is 1. The minimum Gasteiger partial charge on any atom is -0.459 e. The maximum Gasteiger partial charge on any atom is 0.306 e. The fourth-order valence-electron chi connectivity index (χ4n) is 7.19. The lowest BCUT2D eigenvalue weighted by molar-refractivity contribution is -0.202. The predicted octanol–water partition coefficient (Wildman–Crippen LogP) is 4.76. The van der Waals surface area contributed by atoms with E-state index in [0.717, 1.165) is 32.1 Å². The summed E-state index contributed by atoms with van der Waals surface area (Å²) in [6.45, 7) is 12.8. The van der Waals surface area contributed by atoms with Crippen molar-refractivity contribution in [1.29, 1.82) is 0 Å². The number of aliphatic hydroxyl groups is 1. The van der Waals surface area contributed by atoms with Crippen molar-refractivity contribution in [3.63, 3.8) is 0 Å². The highest BCUT2D eigenvalue weighted by molar-refractivity contribution is 5.95. The average Bonchev–Trinajstić information content (AvgIpc) is 3.13. The van der Waals surface area contributed by atoms with Gasteiger partial charge in [-0.3, -0.25) is 9.59 Å². The molecule has 3 saturated heterocycles. The highest BCUT2D eigenvalue weighted by atomic mass is 16.6. The Hall–Kier alpha value is -1.24. The maximum atomic E-state index is 13.1. The number of fused-ring (bicyclic) bond motifs is 2. The summed E-state index contributed by atoms with van der Waals surface area (Å²) < 4.78 is 19.3. The summed E-state index contributed by atoms with van der Waals surface area (Å²) in [5.41, 5.74) is -1.34. The van der Waals surface area contributed by atoms with E-state index < -0.39 is 17.3 Å². The lowest BCUT2D eigenvalue weighted by Crippen LogP contribution is -2.58. The van der Waals surface area contributed by atoms with Crippen molar-refractivity contribution in [1.82, 2.24) is 0 Å². The van der Waals surface area contributed by atoms with Crippen LogP contribution in [0.3, 0.4) is 0 Å². The Labute approximate surface area is 204 Å². The topological polar surface area (TPSA) is 82.1 Å². The fraction of sp³-hybridized carbons (Fsp3) is 0.857. The molecule has 6 heteroatoms. The van der Waals surface area contributed by atoms with Gasteiger partial charge in [0, 0.05) is 18.8 Å². The first-order valence-corrected chi connectivity index (χ1v) is 13.5. The molecule has 0 radical (unpaired) electrons. The van der Waals surface area contributed by atoms with E-state index >= 15 is 0 Å². The third-order valence-corrected chi connectivity index (χ3v) is 9.25. The number of hydrogen-bond acceptors (Lipinski definition) is 6. The molecule has 0 spiro atoms. The van der Waals surface area contributed by atoms with Crippen molar-refractivity contribution in [3.05, 3.63) is 12.2 Å². The van der Waals surface area contributed by atoms with E-state index in [2.05, 4.69) is 20.4 Å². The number of unbranched alkanes of at least 4 members (excludes halogenated alkanes) is 4. The Kier molecular flexibility index (Phi) is 7.62. The van der Waals surface area contributed by atoms with E-state index in [4.69, 9.17) is 14.2 Å². The first kappa shape index (κ1) is 25.8. The van der Waals surface area contributed by atoms with Crippen LogP contribution in [-0.4, -0.2) is 53.0 Å². The third-order valence-electron chi connectivity index (χ3n) is 9.25. The van der Waals surface area contributed by atoms with Crippen LogP contribution >= 0.6 is 0 Å². The zero-order valence-electron chi connectivity index (χ0n) is 21.5. The van der Waals surface area contributed by atoms with Crippen molar-refractivity contribution < 1.29 is 28.9 Å². The van der Waals surface area contributed by atoms with Crippen molar-refractivity contribution >= 4 is 11.8 Å². The number of ether oxygens (including phenoxy) is 3. The highest BCUT2D eigenvalue weighted by Gasteiger charge is 2.66. The van der Waals surface area contributed by atoms with Gasteiger partial charge in [0.1, 0.15) is 11.7 Å². The molecular formula is C28H44O6. The van der Waals surface area contributed by atoms with E-state index in [1.807, 2.05) is 13.8 Å². The van der Waals surface area contributed by atoms with E-state index in [-0.39, 0.29) is 42.2 Å². The summed E-state index contributed by atoms with van der Waals surface area (Å²) in [5.74, 6) is 0.261. The SMILES string of the molecule is C=C1C[C@H]2O[C@@H]3[C@@H]4[C@H](CC[C@@](C)(O)[C@@H]42)[C@H](C)CO[C@]3(C)[C@@H](OC(=O)CCCCCCC)CC1=O. The Morgan fingerprint density at radius 1 is 1.21 bits per heavy atom. The molecule has 4 aliphatic rings. The lowest BCUT2D eigenvalue weighted by Gasteiger charge is -2.48. The second-order valence-electron chi connectivity index (χ2n) is 11.8. The molecule has 1 saturated carbocycles. The number of Topliss-reactive ketones (excluding diaryl/α,β-unsaturated/α-hetero) is 1. The lowest BCUT2D eigenvalue weighted by atomic mass is 9.58. The van der Waals surface area contributed by atoms with Gasteiger partial charge in [-0.2, -0.15) is 0 Å². The largest absolute Gasteiger partial charge is 0.459 e. The minimum atomic E-state index is -0.952. The standard InChI is InChI=1S/C28H44O6/c1-6-7-8-9-10-11-23(30)34-22-15-20(29)17(2)14-21-25-24-19(12-13-27(25,4)31)18(3)16-32-28(22,5)26(24)33-21/h18-19,21-22,24-26,31H,2,6-16H2,1,3-5H3/t18-,19-,21-,22+,24-,25-,26-,27-,28-/m1/s1. The zero-order valence-corrected chi connectivity index (χ0v) is 21.5. The number of carbonyl (C=O) groups excluding carboxylic acids is 2. The molecule has 6 nitrogen and oxygen atoms in total. The number of esters is 1. The van der Waals surface area contributed by atoms with Gasteiger partial charge in [-0.15, -0.1) is 0 Å². The van der Waals surface area contributed by atoms with Crippen LogP contribution in [0.2, 0.25) is 0 Å². The minimum absolute atomic E-state index is 0.0658. The molecule has 0 aromatic carbocycles. The molecule has 3 heterocycles. The molecule has 1 N–H and O–H groups in total. The first-order chi connectivity index (χ1) is 16.1. The van der Waals surface area contributed by atoms with Crippen LogP contribution in [0, 0.1) is 23.7 Å². The second kappa shape index (κ2) is 10.0. The monoisotopic (exact) mass is 476 g/mol. The third kappa shape index (κ3) is 4.75. The van der Waals surface area contributed by atoms with Gasteiger partial charge < -0.3 is 19.3 Å². The van der Waals surface area contributed by atoms with Gasteiger partial charge in [-0.25, -0.2) is 0 Å². The predicted molar refractivity (Wildman–Crippen MR) is 129 cm³/mol. The van der Waals surface area contributed by atoms with Crippen LogP contribution < -0.4 is 0 Å². The number of carbonyl (C=O) groups is 2. The van der Waals surface area contributed by atoms with Crippen molar-refractivity contribution in [3.8, 4) is 0 Å². The van der Waals surface area contributed by atoms with Crippen LogP contribution in [0.4, 0.5) is 0 Å². The van der Waals surface area contributed by atoms with E-state index in [1.165, 1.54) is 6.42 Å².